The first kappa shape index (κ1) is 25.6. The summed E-state index contributed by atoms with van der Waals surface area (Å²) >= 11 is 0. The molecule has 0 aromatic heterocycles. The highest BCUT2D eigenvalue weighted by Gasteiger charge is 2.78. The molecule has 5 nitrogen and oxygen atoms in total. The van der Waals surface area contributed by atoms with Gasteiger partial charge in [-0.1, -0.05) is 44.5 Å². The van der Waals surface area contributed by atoms with Gasteiger partial charge in [-0.15, -0.1) is 0 Å². The quantitative estimate of drug-likeness (QED) is 0.389. The third-order valence-electron chi connectivity index (χ3n) is 10.8. The first-order valence-corrected chi connectivity index (χ1v) is 14.6. The van der Waals surface area contributed by atoms with E-state index in [0.717, 1.165) is 50.1 Å². The van der Waals surface area contributed by atoms with Gasteiger partial charge in [0.25, 0.3) is 0 Å². The fourth-order valence-electron chi connectivity index (χ4n) is 8.83. The van der Waals surface area contributed by atoms with E-state index in [9.17, 15) is 13.6 Å². The van der Waals surface area contributed by atoms with Gasteiger partial charge >= 0.3 is 5.97 Å². The molecule has 2 saturated carbocycles. The minimum Gasteiger partial charge on any atom is -0.462 e. The summed E-state index contributed by atoms with van der Waals surface area (Å²) in [7, 11) is 0. The first-order chi connectivity index (χ1) is 18.8. The minimum atomic E-state index is -0.268. The highest BCUT2D eigenvalue weighted by molar-refractivity contribution is 5.76. The summed E-state index contributed by atoms with van der Waals surface area (Å²) in [6.07, 6.45) is 4.62. The zero-order valence-corrected chi connectivity index (χ0v) is 22.8. The number of carbonyl (C=O) groups excluding carboxylic acids is 1. The molecule has 0 amide bonds. The zero-order valence-electron chi connectivity index (χ0n) is 22.8. The molecule has 7 rings (SSSR count). The van der Waals surface area contributed by atoms with Crippen molar-refractivity contribution in [2.24, 2.45) is 23.2 Å². The fraction of sp³-hybridized carbons (Fsp3) is 0.594. The van der Waals surface area contributed by atoms with Crippen LogP contribution in [0.25, 0.3) is 0 Å². The van der Waals surface area contributed by atoms with E-state index in [0.29, 0.717) is 12.5 Å². The zero-order chi connectivity index (χ0) is 26.9. The molecule has 0 bridgehead atoms. The topological polar surface area (TPSA) is 45.3 Å². The lowest BCUT2D eigenvalue weighted by molar-refractivity contribution is -0.146. The normalized spacial score (nSPS) is 38.2. The number of epoxide rings is 1. The van der Waals surface area contributed by atoms with Crippen LogP contribution < -0.4 is 0 Å². The molecule has 0 N–H and O–H groups in total. The molecule has 0 radical (unpaired) electrons. The molecule has 5 aliphatic rings. The van der Waals surface area contributed by atoms with Crippen molar-refractivity contribution < 1.29 is 23.0 Å². The monoisotopic (exact) mass is 536 g/mol. The molecular formula is C32H38F2N2O3. The second kappa shape index (κ2) is 9.35. The minimum absolute atomic E-state index is 0.0268. The van der Waals surface area contributed by atoms with Gasteiger partial charge in [-0.25, -0.2) is 8.78 Å². The highest BCUT2D eigenvalue weighted by Crippen LogP contribution is 2.70. The van der Waals surface area contributed by atoms with Gasteiger partial charge in [-0.05, 0) is 60.6 Å². The molecule has 7 atom stereocenters. The average molecular weight is 537 g/mol. The summed E-state index contributed by atoms with van der Waals surface area (Å²) in [5.74, 6) is -0.0594. The molecule has 3 saturated heterocycles. The van der Waals surface area contributed by atoms with E-state index in [1.54, 1.807) is 0 Å². The van der Waals surface area contributed by atoms with Gasteiger partial charge < -0.3 is 9.47 Å². The van der Waals surface area contributed by atoms with Crippen LogP contribution in [0.15, 0.2) is 48.5 Å². The molecule has 39 heavy (non-hydrogen) atoms. The average Bonchev–Trinajstić information content (AvgIpc) is 3.61. The van der Waals surface area contributed by atoms with Gasteiger partial charge in [0.1, 0.15) is 23.3 Å². The Morgan fingerprint density at radius 3 is 2.21 bits per heavy atom. The third-order valence-corrected chi connectivity index (χ3v) is 10.8. The van der Waals surface area contributed by atoms with Crippen LogP contribution in [0, 0.1) is 34.8 Å². The molecule has 2 aromatic carbocycles. The maximum Gasteiger partial charge on any atom is 0.311 e. The number of rotatable bonds is 5. The number of piperazine rings is 1. The van der Waals surface area contributed by atoms with Crippen molar-refractivity contribution in [2.45, 2.75) is 63.4 Å². The van der Waals surface area contributed by atoms with Crippen LogP contribution in [0.2, 0.25) is 0 Å². The molecule has 1 spiro atoms. The van der Waals surface area contributed by atoms with Crippen molar-refractivity contribution in [2.75, 3.05) is 32.7 Å². The van der Waals surface area contributed by atoms with Crippen LogP contribution in [-0.2, 0) is 14.3 Å². The molecule has 2 aliphatic carbocycles. The van der Waals surface area contributed by atoms with Crippen LogP contribution in [0.1, 0.15) is 56.7 Å². The van der Waals surface area contributed by atoms with E-state index in [-0.39, 0.29) is 58.7 Å². The van der Waals surface area contributed by atoms with Crippen LogP contribution in [0.4, 0.5) is 8.78 Å². The second-order valence-corrected chi connectivity index (χ2v) is 12.9. The van der Waals surface area contributed by atoms with Crippen LogP contribution >= 0.6 is 0 Å². The van der Waals surface area contributed by atoms with E-state index < -0.39 is 0 Å². The number of fused-ring (bicyclic) bond motifs is 2. The standard InChI is InChI=1S/C32H38F2N2O3/c1-20-4-3-13-31(2)18-26-27(29-32(20,31)39-29)25(30(37)38-26)19-35-14-16-36(17-15-35)28(21-5-9-23(33)10-6-21)22-7-11-24(34)12-8-22/h5-12,20,25-29H,3-4,13-19H2,1-2H3/t20-,25+,26-,27+,29+,31+,32-/m1/s1. The number of benzene rings is 2. The summed E-state index contributed by atoms with van der Waals surface area (Å²) in [6, 6.07) is 13.1. The summed E-state index contributed by atoms with van der Waals surface area (Å²) in [5, 5.41) is 0. The number of hydrogen-bond donors (Lipinski definition) is 0. The van der Waals surface area contributed by atoms with E-state index in [2.05, 4.69) is 23.6 Å². The predicted octanol–water partition coefficient (Wildman–Crippen LogP) is 5.20. The number of ether oxygens (including phenoxy) is 2. The SMILES string of the molecule is C[C@@H]1CCC[C@@]2(C)C[C@H]3OC(=O)[C@@H](CN4CCN(C(c5ccc(F)cc5)c5ccc(F)cc5)CC4)[C@@H]3[C@@H]3O[C@]132. The Morgan fingerprint density at radius 1 is 0.974 bits per heavy atom. The van der Waals surface area contributed by atoms with Crippen molar-refractivity contribution in [3.63, 3.8) is 0 Å². The Balaban J connectivity index is 1.06. The molecule has 2 aromatic rings. The lowest BCUT2D eigenvalue weighted by Crippen LogP contribution is -2.55. The first-order valence-electron chi connectivity index (χ1n) is 14.6. The van der Waals surface area contributed by atoms with Crippen LogP contribution in [-0.4, -0.2) is 66.3 Å². The number of nitrogens with zero attached hydrogens (tertiary/aromatic N) is 2. The molecule has 0 unspecified atom stereocenters. The van der Waals surface area contributed by atoms with Crippen molar-refractivity contribution in [3.05, 3.63) is 71.3 Å². The smallest absolute Gasteiger partial charge is 0.311 e. The third kappa shape index (κ3) is 4.07. The van der Waals surface area contributed by atoms with Gasteiger partial charge in [-0.3, -0.25) is 14.6 Å². The molecule has 5 fully saturated rings. The molecule has 208 valence electrons. The van der Waals surface area contributed by atoms with Crippen LogP contribution in [0.3, 0.4) is 0 Å². The molecule has 3 aliphatic heterocycles. The van der Waals surface area contributed by atoms with E-state index in [4.69, 9.17) is 9.47 Å². The van der Waals surface area contributed by atoms with E-state index >= 15 is 0 Å². The largest absolute Gasteiger partial charge is 0.462 e. The number of carbonyl (C=O) groups is 1. The number of hydrogen-bond acceptors (Lipinski definition) is 5. The molecular weight excluding hydrogens is 498 g/mol. The summed E-state index contributed by atoms with van der Waals surface area (Å²) in [4.78, 5) is 18.0. The maximum atomic E-state index is 13.7. The Labute approximate surface area is 229 Å². The Kier molecular flexibility index (Phi) is 6.14. The summed E-state index contributed by atoms with van der Waals surface area (Å²) in [6.45, 7) is 8.64. The summed E-state index contributed by atoms with van der Waals surface area (Å²) in [5.41, 5.74) is 2.01. The Bertz CT molecular complexity index is 1190. The van der Waals surface area contributed by atoms with E-state index in [1.165, 1.54) is 37.1 Å². The van der Waals surface area contributed by atoms with Crippen molar-refractivity contribution in [3.8, 4) is 0 Å². The molecule has 3 heterocycles. The fourth-order valence-corrected chi connectivity index (χ4v) is 8.83. The lowest BCUT2D eigenvalue weighted by Gasteiger charge is -2.49. The molecule has 7 heteroatoms. The summed E-state index contributed by atoms with van der Waals surface area (Å²) < 4.78 is 40.0. The van der Waals surface area contributed by atoms with Crippen molar-refractivity contribution in [1.82, 2.24) is 9.80 Å². The van der Waals surface area contributed by atoms with Gasteiger partial charge in [0.2, 0.25) is 0 Å². The number of esters is 1. The van der Waals surface area contributed by atoms with Crippen molar-refractivity contribution >= 4 is 5.97 Å². The Hall–Kier alpha value is -2.35. The van der Waals surface area contributed by atoms with E-state index in [1.807, 2.05) is 24.3 Å². The second-order valence-electron chi connectivity index (χ2n) is 12.9. The van der Waals surface area contributed by atoms with Gasteiger partial charge in [0.05, 0.1) is 18.1 Å². The van der Waals surface area contributed by atoms with Crippen LogP contribution in [0.5, 0.6) is 0 Å². The highest BCUT2D eigenvalue weighted by atomic mass is 19.1. The van der Waals surface area contributed by atoms with Crippen molar-refractivity contribution in [1.29, 1.82) is 0 Å². The Morgan fingerprint density at radius 2 is 1.59 bits per heavy atom. The number of halogens is 2. The maximum absolute atomic E-state index is 13.7. The van der Waals surface area contributed by atoms with Gasteiger partial charge in [0, 0.05) is 44.1 Å². The lowest BCUT2D eigenvalue weighted by atomic mass is 9.53. The van der Waals surface area contributed by atoms with Gasteiger partial charge in [0.15, 0.2) is 0 Å². The van der Waals surface area contributed by atoms with Gasteiger partial charge in [-0.2, -0.15) is 0 Å². The predicted molar refractivity (Wildman–Crippen MR) is 143 cm³/mol.